The number of unbranched alkanes of at least 4 members (excludes halogenated alkanes) is 3. The first-order valence-electron chi connectivity index (χ1n) is 8.60. The van der Waals surface area contributed by atoms with Crippen molar-refractivity contribution in [2.75, 3.05) is 6.54 Å². The average molecular weight is 253 g/mol. The summed E-state index contributed by atoms with van der Waals surface area (Å²) in [6, 6.07) is 0.800. The zero-order valence-corrected chi connectivity index (χ0v) is 12.8. The van der Waals surface area contributed by atoms with E-state index in [0.717, 1.165) is 18.5 Å². The summed E-state index contributed by atoms with van der Waals surface area (Å²) in [7, 11) is 0. The minimum absolute atomic E-state index is 0.800. The third-order valence-corrected chi connectivity index (χ3v) is 4.55. The molecule has 0 aromatic carbocycles. The third-order valence-electron chi connectivity index (χ3n) is 4.55. The van der Waals surface area contributed by atoms with Crippen LogP contribution in [0.25, 0.3) is 0 Å². The lowest BCUT2D eigenvalue weighted by molar-refractivity contribution is 0.307. The zero-order valence-electron chi connectivity index (χ0n) is 12.8. The maximum absolute atomic E-state index is 3.70. The van der Waals surface area contributed by atoms with E-state index in [2.05, 4.69) is 19.2 Å². The Kier molecular flexibility index (Phi) is 9.65. The van der Waals surface area contributed by atoms with Crippen molar-refractivity contribution in [1.29, 1.82) is 0 Å². The van der Waals surface area contributed by atoms with E-state index >= 15 is 0 Å². The van der Waals surface area contributed by atoms with Crippen LogP contribution in [0.15, 0.2) is 0 Å². The van der Waals surface area contributed by atoms with Gasteiger partial charge in [0.25, 0.3) is 0 Å². The second-order valence-corrected chi connectivity index (χ2v) is 6.19. The highest BCUT2D eigenvalue weighted by atomic mass is 14.9. The number of nitrogens with one attached hydrogen (secondary N) is 1. The van der Waals surface area contributed by atoms with Gasteiger partial charge in [-0.1, -0.05) is 71.6 Å². The lowest BCUT2D eigenvalue weighted by Crippen LogP contribution is -2.29. The quantitative estimate of drug-likeness (QED) is 0.521. The van der Waals surface area contributed by atoms with Gasteiger partial charge in [-0.3, -0.25) is 0 Å². The Balaban J connectivity index is 2.11. The molecular weight excluding hydrogens is 218 g/mol. The zero-order chi connectivity index (χ0) is 13.1. The average Bonchev–Trinajstić information content (AvgIpc) is 2.42. The molecule has 0 saturated heterocycles. The summed E-state index contributed by atoms with van der Waals surface area (Å²) < 4.78 is 0. The van der Waals surface area contributed by atoms with Crippen molar-refractivity contribution in [1.82, 2.24) is 5.32 Å². The first-order chi connectivity index (χ1) is 8.86. The van der Waals surface area contributed by atoms with E-state index in [1.807, 2.05) is 0 Å². The summed E-state index contributed by atoms with van der Waals surface area (Å²) in [6.45, 7) is 5.69. The van der Waals surface area contributed by atoms with Crippen molar-refractivity contribution in [2.24, 2.45) is 5.92 Å². The van der Waals surface area contributed by atoms with E-state index in [4.69, 9.17) is 0 Å². The van der Waals surface area contributed by atoms with Crippen LogP contribution < -0.4 is 5.32 Å². The predicted octanol–water partition coefficient (Wildman–Crippen LogP) is 5.30. The van der Waals surface area contributed by atoms with Crippen molar-refractivity contribution in [3.63, 3.8) is 0 Å². The molecule has 0 spiro atoms. The Bertz CT molecular complexity index is 172. The van der Waals surface area contributed by atoms with Gasteiger partial charge in [-0.25, -0.2) is 0 Å². The van der Waals surface area contributed by atoms with Gasteiger partial charge in [-0.05, 0) is 31.7 Å². The molecule has 0 radical (unpaired) electrons. The van der Waals surface area contributed by atoms with Crippen LogP contribution in [0.1, 0.15) is 90.9 Å². The van der Waals surface area contributed by atoms with Gasteiger partial charge in [-0.2, -0.15) is 0 Å². The first kappa shape index (κ1) is 16.0. The highest BCUT2D eigenvalue weighted by Crippen LogP contribution is 2.28. The van der Waals surface area contributed by atoms with Gasteiger partial charge in [0, 0.05) is 6.04 Å². The molecule has 1 fully saturated rings. The number of rotatable bonds is 10. The lowest BCUT2D eigenvalue weighted by atomic mass is 9.84. The van der Waals surface area contributed by atoms with Crippen molar-refractivity contribution in [2.45, 2.75) is 96.9 Å². The minimum Gasteiger partial charge on any atom is -0.314 e. The van der Waals surface area contributed by atoms with Gasteiger partial charge in [0.1, 0.15) is 0 Å². The van der Waals surface area contributed by atoms with E-state index in [-0.39, 0.29) is 0 Å². The largest absolute Gasteiger partial charge is 0.314 e. The van der Waals surface area contributed by atoms with E-state index in [1.54, 1.807) is 0 Å². The fourth-order valence-electron chi connectivity index (χ4n) is 3.37. The van der Waals surface area contributed by atoms with Crippen LogP contribution in [-0.4, -0.2) is 12.6 Å². The van der Waals surface area contributed by atoms with E-state index in [0.29, 0.717) is 0 Å². The lowest BCUT2D eigenvalue weighted by Gasteiger charge is -2.24. The smallest absolute Gasteiger partial charge is 0.00670 e. The number of hydrogen-bond donors (Lipinski definition) is 1. The second-order valence-electron chi connectivity index (χ2n) is 6.19. The summed E-state index contributed by atoms with van der Waals surface area (Å²) in [5, 5.41) is 3.70. The van der Waals surface area contributed by atoms with Crippen LogP contribution >= 0.6 is 0 Å². The van der Waals surface area contributed by atoms with Crippen molar-refractivity contribution in [3.05, 3.63) is 0 Å². The molecule has 18 heavy (non-hydrogen) atoms. The van der Waals surface area contributed by atoms with E-state index < -0.39 is 0 Å². The minimum atomic E-state index is 0.800. The van der Waals surface area contributed by atoms with E-state index in [1.165, 1.54) is 77.0 Å². The fourth-order valence-corrected chi connectivity index (χ4v) is 3.37. The Labute approximate surface area is 115 Å². The molecule has 1 N–H and O–H groups in total. The highest BCUT2D eigenvalue weighted by Gasteiger charge is 2.15. The van der Waals surface area contributed by atoms with Crippen LogP contribution in [-0.2, 0) is 0 Å². The van der Waals surface area contributed by atoms with Crippen LogP contribution in [0.3, 0.4) is 0 Å². The summed E-state index contributed by atoms with van der Waals surface area (Å²) in [6.07, 6.45) is 17.4. The molecule has 0 heterocycles. The number of hydrogen-bond acceptors (Lipinski definition) is 1. The Morgan fingerprint density at radius 1 is 0.944 bits per heavy atom. The molecule has 1 unspecified atom stereocenters. The summed E-state index contributed by atoms with van der Waals surface area (Å²) in [4.78, 5) is 0. The maximum Gasteiger partial charge on any atom is 0.00670 e. The normalized spacial score (nSPS) is 19.0. The maximum atomic E-state index is 3.70. The molecule has 0 aromatic rings. The molecule has 1 rings (SSSR count). The molecule has 0 amide bonds. The van der Waals surface area contributed by atoms with Crippen molar-refractivity contribution in [3.8, 4) is 0 Å². The monoisotopic (exact) mass is 253 g/mol. The first-order valence-corrected chi connectivity index (χ1v) is 8.60. The van der Waals surface area contributed by atoms with Gasteiger partial charge in [-0.15, -0.1) is 0 Å². The third kappa shape index (κ3) is 7.41. The molecule has 108 valence electrons. The summed E-state index contributed by atoms with van der Waals surface area (Å²) >= 11 is 0. The molecule has 1 aliphatic rings. The molecule has 1 heteroatoms. The SMILES string of the molecule is CCCCCCC(CCC1CCCCC1)NCC. The topological polar surface area (TPSA) is 12.0 Å². The molecular formula is C17H35N. The van der Waals surface area contributed by atoms with Gasteiger partial charge < -0.3 is 5.32 Å². The van der Waals surface area contributed by atoms with Crippen LogP contribution in [0.5, 0.6) is 0 Å². The molecule has 0 bridgehead atoms. The molecule has 0 aromatic heterocycles. The summed E-state index contributed by atoms with van der Waals surface area (Å²) in [5.74, 6) is 1.05. The van der Waals surface area contributed by atoms with Crippen LogP contribution in [0.2, 0.25) is 0 Å². The standard InChI is InChI=1S/C17H35N/c1-3-5-6-10-13-17(18-4-2)15-14-16-11-8-7-9-12-16/h16-18H,3-15H2,1-2H3. The van der Waals surface area contributed by atoms with Gasteiger partial charge in [0.05, 0.1) is 0 Å². The molecule has 1 nitrogen and oxygen atoms in total. The van der Waals surface area contributed by atoms with Crippen molar-refractivity contribution >= 4 is 0 Å². The molecule has 0 aliphatic heterocycles. The van der Waals surface area contributed by atoms with Gasteiger partial charge in [0.15, 0.2) is 0 Å². The second kappa shape index (κ2) is 10.8. The molecule has 1 atom stereocenters. The molecule has 1 saturated carbocycles. The summed E-state index contributed by atoms with van der Waals surface area (Å²) in [5.41, 5.74) is 0. The predicted molar refractivity (Wildman–Crippen MR) is 82.0 cm³/mol. The van der Waals surface area contributed by atoms with Crippen molar-refractivity contribution < 1.29 is 0 Å². The highest BCUT2D eigenvalue weighted by molar-refractivity contribution is 4.72. The molecule has 1 aliphatic carbocycles. The van der Waals surface area contributed by atoms with E-state index in [9.17, 15) is 0 Å². The van der Waals surface area contributed by atoms with Crippen LogP contribution in [0, 0.1) is 5.92 Å². The Morgan fingerprint density at radius 3 is 2.39 bits per heavy atom. The Morgan fingerprint density at radius 2 is 1.72 bits per heavy atom. The van der Waals surface area contributed by atoms with Gasteiger partial charge >= 0.3 is 0 Å². The fraction of sp³-hybridized carbons (Fsp3) is 1.00. The van der Waals surface area contributed by atoms with Crippen LogP contribution in [0.4, 0.5) is 0 Å². The van der Waals surface area contributed by atoms with Gasteiger partial charge in [0.2, 0.25) is 0 Å². The Hall–Kier alpha value is -0.0400.